The Morgan fingerprint density at radius 1 is 1.10 bits per heavy atom. The Kier molecular flexibility index (Phi) is 4.73. The molecule has 0 saturated carbocycles. The summed E-state index contributed by atoms with van der Waals surface area (Å²) >= 11 is 3.31. The van der Waals surface area contributed by atoms with Crippen molar-refractivity contribution in [3.63, 3.8) is 0 Å². The van der Waals surface area contributed by atoms with E-state index in [4.69, 9.17) is 0 Å². The van der Waals surface area contributed by atoms with Gasteiger partial charge in [0.05, 0.1) is 6.04 Å². The zero-order valence-corrected chi connectivity index (χ0v) is 13.2. The number of carbonyl (C=O) groups is 1. The molecule has 0 aliphatic carbocycles. The highest BCUT2D eigenvalue weighted by Gasteiger charge is 2.19. The van der Waals surface area contributed by atoms with Gasteiger partial charge in [-0.2, -0.15) is 0 Å². The fourth-order valence-corrected chi connectivity index (χ4v) is 2.23. The summed E-state index contributed by atoms with van der Waals surface area (Å²) in [5, 5.41) is 0. The van der Waals surface area contributed by atoms with Crippen LogP contribution < -0.4 is 0 Å². The molecule has 2 aromatic carbocycles. The maximum atomic E-state index is 13.3. The molecule has 0 fully saturated rings. The second-order valence-corrected chi connectivity index (χ2v) is 5.69. The molecule has 2 nitrogen and oxygen atoms in total. The minimum atomic E-state index is -0.913. The van der Waals surface area contributed by atoms with E-state index in [1.807, 2.05) is 0 Å². The first-order chi connectivity index (χ1) is 9.90. The second kappa shape index (κ2) is 6.35. The third-order valence-electron chi connectivity index (χ3n) is 3.42. The highest BCUT2D eigenvalue weighted by Crippen LogP contribution is 2.23. The molecule has 0 spiro atoms. The standard InChI is InChI=1S/C16H14BrF2NO/c1-10(12-5-8-14(18)15(19)9-12)20(2)16(21)11-3-6-13(17)7-4-11/h3-10H,1-2H3. The van der Waals surface area contributed by atoms with Gasteiger partial charge in [-0.15, -0.1) is 0 Å². The lowest BCUT2D eigenvalue weighted by Crippen LogP contribution is -2.29. The number of hydrogen-bond acceptors (Lipinski definition) is 1. The molecule has 110 valence electrons. The molecule has 0 aliphatic heterocycles. The Morgan fingerprint density at radius 3 is 2.29 bits per heavy atom. The monoisotopic (exact) mass is 353 g/mol. The average Bonchev–Trinajstić information content (AvgIpc) is 2.48. The Morgan fingerprint density at radius 2 is 1.71 bits per heavy atom. The smallest absolute Gasteiger partial charge is 0.254 e. The van der Waals surface area contributed by atoms with Crippen LogP contribution in [0.3, 0.4) is 0 Å². The van der Waals surface area contributed by atoms with Crippen molar-refractivity contribution in [2.45, 2.75) is 13.0 Å². The lowest BCUT2D eigenvalue weighted by Gasteiger charge is -2.25. The summed E-state index contributed by atoms with van der Waals surface area (Å²) in [6, 6.07) is 10.3. The number of nitrogens with zero attached hydrogens (tertiary/aromatic N) is 1. The number of amides is 1. The van der Waals surface area contributed by atoms with Gasteiger partial charge in [-0.1, -0.05) is 22.0 Å². The van der Waals surface area contributed by atoms with Crippen molar-refractivity contribution in [3.8, 4) is 0 Å². The molecule has 0 aromatic heterocycles. The molecule has 1 atom stereocenters. The van der Waals surface area contributed by atoms with Gasteiger partial charge in [0.25, 0.3) is 5.91 Å². The highest BCUT2D eigenvalue weighted by molar-refractivity contribution is 9.10. The average molecular weight is 354 g/mol. The van der Waals surface area contributed by atoms with Crippen LogP contribution in [0, 0.1) is 11.6 Å². The minimum absolute atomic E-state index is 0.181. The van der Waals surface area contributed by atoms with Crippen LogP contribution >= 0.6 is 15.9 Å². The quantitative estimate of drug-likeness (QED) is 0.791. The molecule has 1 unspecified atom stereocenters. The van der Waals surface area contributed by atoms with Crippen molar-refractivity contribution in [1.82, 2.24) is 4.90 Å². The molecular weight excluding hydrogens is 340 g/mol. The Balaban J connectivity index is 2.21. The van der Waals surface area contributed by atoms with E-state index in [0.29, 0.717) is 11.1 Å². The van der Waals surface area contributed by atoms with E-state index in [0.717, 1.165) is 16.6 Å². The normalized spacial score (nSPS) is 12.0. The van der Waals surface area contributed by atoms with Crippen molar-refractivity contribution in [2.24, 2.45) is 0 Å². The van der Waals surface area contributed by atoms with E-state index in [1.54, 1.807) is 38.2 Å². The number of rotatable bonds is 3. The van der Waals surface area contributed by atoms with Crippen molar-refractivity contribution < 1.29 is 13.6 Å². The topological polar surface area (TPSA) is 20.3 Å². The van der Waals surface area contributed by atoms with E-state index in [2.05, 4.69) is 15.9 Å². The summed E-state index contributed by atoms with van der Waals surface area (Å²) in [4.78, 5) is 13.9. The minimum Gasteiger partial charge on any atom is -0.335 e. The molecule has 0 aliphatic rings. The van der Waals surface area contributed by atoms with E-state index in [-0.39, 0.29) is 11.9 Å². The van der Waals surface area contributed by atoms with Gasteiger partial charge in [-0.3, -0.25) is 4.79 Å². The van der Waals surface area contributed by atoms with Crippen LogP contribution in [0.2, 0.25) is 0 Å². The van der Waals surface area contributed by atoms with Crippen LogP contribution in [0.25, 0.3) is 0 Å². The first-order valence-electron chi connectivity index (χ1n) is 6.38. The molecule has 2 aromatic rings. The van der Waals surface area contributed by atoms with Crippen LogP contribution in [-0.4, -0.2) is 17.9 Å². The molecule has 0 bridgehead atoms. The number of hydrogen-bond donors (Lipinski definition) is 0. The van der Waals surface area contributed by atoms with Gasteiger partial charge in [0, 0.05) is 17.1 Å². The van der Waals surface area contributed by atoms with Gasteiger partial charge in [-0.05, 0) is 48.9 Å². The van der Waals surface area contributed by atoms with Gasteiger partial charge < -0.3 is 4.90 Å². The Hall–Kier alpha value is -1.75. The van der Waals surface area contributed by atoms with Gasteiger partial charge in [-0.25, -0.2) is 8.78 Å². The van der Waals surface area contributed by atoms with E-state index in [9.17, 15) is 13.6 Å². The van der Waals surface area contributed by atoms with E-state index >= 15 is 0 Å². The third-order valence-corrected chi connectivity index (χ3v) is 3.95. The number of benzene rings is 2. The van der Waals surface area contributed by atoms with Crippen LogP contribution in [0.5, 0.6) is 0 Å². The lowest BCUT2D eigenvalue weighted by atomic mass is 10.1. The summed E-state index contributed by atoms with van der Waals surface area (Å²) in [5.41, 5.74) is 1.08. The zero-order chi connectivity index (χ0) is 15.6. The first kappa shape index (κ1) is 15.6. The summed E-state index contributed by atoms with van der Waals surface area (Å²) < 4.78 is 27.1. The lowest BCUT2D eigenvalue weighted by molar-refractivity contribution is 0.0742. The summed E-state index contributed by atoms with van der Waals surface area (Å²) in [5.74, 6) is -1.99. The van der Waals surface area contributed by atoms with Crippen molar-refractivity contribution in [2.75, 3.05) is 7.05 Å². The van der Waals surface area contributed by atoms with Crippen LogP contribution in [0.15, 0.2) is 46.9 Å². The van der Waals surface area contributed by atoms with Gasteiger partial charge in [0.1, 0.15) is 0 Å². The molecular formula is C16H14BrF2NO. The molecule has 5 heteroatoms. The maximum Gasteiger partial charge on any atom is 0.254 e. The molecule has 0 radical (unpaired) electrons. The van der Waals surface area contributed by atoms with Gasteiger partial charge >= 0.3 is 0 Å². The zero-order valence-electron chi connectivity index (χ0n) is 11.6. The first-order valence-corrected chi connectivity index (χ1v) is 7.17. The fraction of sp³-hybridized carbons (Fsp3) is 0.188. The molecule has 0 saturated heterocycles. The summed E-state index contributed by atoms with van der Waals surface area (Å²) in [7, 11) is 1.64. The molecule has 21 heavy (non-hydrogen) atoms. The van der Waals surface area contributed by atoms with Crippen molar-refractivity contribution in [3.05, 3.63) is 69.7 Å². The van der Waals surface area contributed by atoms with E-state index < -0.39 is 11.6 Å². The van der Waals surface area contributed by atoms with Crippen molar-refractivity contribution in [1.29, 1.82) is 0 Å². The SMILES string of the molecule is CC(c1ccc(F)c(F)c1)N(C)C(=O)c1ccc(Br)cc1. The van der Waals surface area contributed by atoms with Gasteiger partial charge in [0.2, 0.25) is 0 Å². The van der Waals surface area contributed by atoms with Crippen LogP contribution in [0.4, 0.5) is 8.78 Å². The van der Waals surface area contributed by atoms with Crippen LogP contribution in [-0.2, 0) is 0 Å². The Labute approximate surface area is 130 Å². The molecule has 2 rings (SSSR count). The highest BCUT2D eigenvalue weighted by atomic mass is 79.9. The fourth-order valence-electron chi connectivity index (χ4n) is 1.97. The van der Waals surface area contributed by atoms with Crippen molar-refractivity contribution >= 4 is 21.8 Å². The summed E-state index contributed by atoms with van der Waals surface area (Å²) in [6.07, 6.45) is 0. The third kappa shape index (κ3) is 3.47. The Bertz CT molecular complexity index is 658. The molecule has 1 amide bonds. The predicted octanol–water partition coefficient (Wildman–Crippen LogP) is 4.56. The molecule has 0 N–H and O–H groups in total. The van der Waals surface area contributed by atoms with Gasteiger partial charge in [0.15, 0.2) is 11.6 Å². The number of carbonyl (C=O) groups excluding carboxylic acids is 1. The largest absolute Gasteiger partial charge is 0.335 e. The molecule has 0 heterocycles. The van der Waals surface area contributed by atoms with Crippen LogP contribution in [0.1, 0.15) is 28.9 Å². The summed E-state index contributed by atoms with van der Waals surface area (Å²) in [6.45, 7) is 1.77. The predicted molar refractivity (Wildman–Crippen MR) is 81.0 cm³/mol. The number of halogens is 3. The maximum absolute atomic E-state index is 13.3. The second-order valence-electron chi connectivity index (χ2n) is 4.77. The van der Waals surface area contributed by atoms with E-state index in [1.165, 1.54) is 11.0 Å².